The molecular weight excluding hydrogens is 417 g/mol. The highest BCUT2D eigenvalue weighted by atomic mass is 19.1. The number of aromatic nitrogens is 1. The number of nitrogens with zero attached hydrogens (tertiary/aromatic N) is 2. The molecule has 1 aromatic heterocycles. The molecule has 1 saturated heterocycles. The Morgan fingerprint density at radius 1 is 1.19 bits per heavy atom. The SMILES string of the molecule is O=C(NCc1ccc(F)cc1)c1cn2c(c(O)c1=O)C(=O)N1CC3(CCCCC3)OC1C2. The van der Waals surface area contributed by atoms with Crippen LogP contribution in [0.5, 0.6) is 5.75 Å². The number of ether oxygens (including phenoxy) is 1. The molecule has 2 aromatic rings. The molecule has 3 heterocycles. The molecule has 8 nitrogen and oxygen atoms in total. The molecule has 5 rings (SSSR count). The first-order valence-corrected chi connectivity index (χ1v) is 10.8. The number of hydrogen-bond acceptors (Lipinski definition) is 5. The molecule has 0 bridgehead atoms. The Hall–Kier alpha value is -3.20. The van der Waals surface area contributed by atoms with Crippen molar-refractivity contribution < 1.29 is 23.8 Å². The second-order valence-electron chi connectivity index (χ2n) is 8.78. The second kappa shape index (κ2) is 7.74. The average Bonchev–Trinajstić information content (AvgIpc) is 3.13. The van der Waals surface area contributed by atoms with E-state index in [1.54, 1.807) is 4.90 Å². The summed E-state index contributed by atoms with van der Waals surface area (Å²) in [6.45, 7) is 0.765. The molecule has 0 radical (unpaired) electrons. The Labute approximate surface area is 183 Å². The lowest BCUT2D eigenvalue weighted by Gasteiger charge is -2.32. The molecule has 1 unspecified atom stereocenters. The smallest absolute Gasteiger partial charge is 0.276 e. The normalized spacial score (nSPS) is 21.3. The quantitative estimate of drug-likeness (QED) is 0.760. The van der Waals surface area contributed by atoms with Crippen molar-refractivity contribution in [2.75, 3.05) is 6.54 Å². The van der Waals surface area contributed by atoms with Crippen LogP contribution < -0.4 is 10.7 Å². The van der Waals surface area contributed by atoms with Crippen molar-refractivity contribution in [2.45, 2.75) is 57.0 Å². The summed E-state index contributed by atoms with van der Waals surface area (Å²) in [5.74, 6) is -2.26. The third-order valence-electron chi connectivity index (χ3n) is 6.64. The number of carbonyl (C=O) groups is 2. The van der Waals surface area contributed by atoms with E-state index in [9.17, 15) is 23.9 Å². The number of carbonyl (C=O) groups excluding carboxylic acids is 2. The van der Waals surface area contributed by atoms with Crippen LogP contribution in [0.2, 0.25) is 0 Å². The van der Waals surface area contributed by atoms with Gasteiger partial charge in [0.2, 0.25) is 5.43 Å². The predicted octanol–water partition coefficient (Wildman–Crippen LogP) is 2.14. The fourth-order valence-electron chi connectivity index (χ4n) is 4.98. The molecule has 1 aliphatic carbocycles. The van der Waals surface area contributed by atoms with Gasteiger partial charge in [-0.1, -0.05) is 31.4 Å². The van der Waals surface area contributed by atoms with Gasteiger partial charge in [-0.2, -0.15) is 0 Å². The van der Waals surface area contributed by atoms with Gasteiger partial charge in [0.25, 0.3) is 11.8 Å². The zero-order chi connectivity index (χ0) is 22.5. The maximum absolute atomic E-state index is 13.1. The first kappa shape index (κ1) is 20.7. The molecule has 2 amide bonds. The van der Waals surface area contributed by atoms with Gasteiger partial charge in [0.05, 0.1) is 18.7 Å². The second-order valence-corrected chi connectivity index (χ2v) is 8.78. The van der Waals surface area contributed by atoms with Crippen LogP contribution in [0.25, 0.3) is 0 Å². The molecular formula is C23H24FN3O5. The lowest BCUT2D eigenvalue weighted by molar-refractivity contribution is -0.0797. The molecule has 2 N–H and O–H groups in total. The minimum absolute atomic E-state index is 0.0853. The molecule has 1 spiro atoms. The van der Waals surface area contributed by atoms with Crippen LogP contribution in [-0.2, 0) is 17.8 Å². The van der Waals surface area contributed by atoms with E-state index in [0.717, 1.165) is 32.1 Å². The molecule has 3 aliphatic rings. The van der Waals surface area contributed by atoms with Crippen molar-refractivity contribution in [3.63, 3.8) is 0 Å². The number of amides is 2. The van der Waals surface area contributed by atoms with Crippen molar-refractivity contribution in [3.05, 3.63) is 63.3 Å². The lowest BCUT2D eigenvalue weighted by Crippen LogP contribution is -2.46. The topological polar surface area (TPSA) is 101 Å². The van der Waals surface area contributed by atoms with Crippen molar-refractivity contribution in [3.8, 4) is 5.75 Å². The molecule has 1 saturated carbocycles. The van der Waals surface area contributed by atoms with Crippen LogP contribution in [0.1, 0.15) is 58.5 Å². The van der Waals surface area contributed by atoms with Crippen LogP contribution in [-0.4, -0.2) is 44.8 Å². The fraction of sp³-hybridized carbons (Fsp3) is 0.435. The number of fused-ring (bicyclic) bond motifs is 2. The van der Waals surface area contributed by atoms with Crippen molar-refractivity contribution in [2.24, 2.45) is 0 Å². The molecule has 1 aromatic carbocycles. The van der Waals surface area contributed by atoms with Gasteiger partial charge in [0.15, 0.2) is 17.7 Å². The van der Waals surface area contributed by atoms with E-state index in [4.69, 9.17) is 4.74 Å². The monoisotopic (exact) mass is 441 g/mol. The first-order chi connectivity index (χ1) is 15.4. The Kier molecular flexibility index (Phi) is 5.00. The van der Waals surface area contributed by atoms with E-state index >= 15 is 0 Å². The van der Waals surface area contributed by atoms with Gasteiger partial charge in [-0.25, -0.2) is 4.39 Å². The summed E-state index contributed by atoms with van der Waals surface area (Å²) in [6, 6.07) is 5.61. The summed E-state index contributed by atoms with van der Waals surface area (Å²) in [4.78, 5) is 40.1. The number of benzene rings is 1. The van der Waals surface area contributed by atoms with Crippen molar-refractivity contribution >= 4 is 11.8 Å². The molecule has 2 fully saturated rings. The summed E-state index contributed by atoms with van der Waals surface area (Å²) < 4.78 is 20.8. The molecule has 32 heavy (non-hydrogen) atoms. The van der Waals surface area contributed by atoms with Crippen LogP contribution in [0.15, 0.2) is 35.3 Å². The van der Waals surface area contributed by atoms with E-state index in [1.165, 1.54) is 35.0 Å². The third-order valence-corrected chi connectivity index (χ3v) is 6.64. The molecule has 1 atom stereocenters. The summed E-state index contributed by atoms with van der Waals surface area (Å²) in [5.41, 5.74) is -0.984. The van der Waals surface area contributed by atoms with Gasteiger partial charge in [-0.15, -0.1) is 0 Å². The van der Waals surface area contributed by atoms with Gasteiger partial charge in [0, 0.05) is 12.7 Å². The Morgan fingerprint density at radius 3 is 2.62 bits per heavy atom. The zero-order valence-corrected chi connectivity index (χ0v) is 17.5. The number of halogens is 1. The highest BCUT2D eigenvalue weighted by molar-refractivity contribution is 5.99. The fourth-order valence-corrected chi connectivity index (χ4v) is 4.98. The van der Waals surface area contributed by atoms with Gasteiger partial charge in [-0.05, 0) is 30.5 Å². The van der Waals surface area contributed by atoms with Gasteiger partial charge < -0.3 is 24.6 Å². The predicted molar refractivity (Wildman–Crippen MR) is 112 cm³/mol. The van der Waals surface area contributed by atoms with Crippen molar-refractivity contribution in [1.82, 2.24) is 14.8 Å². The van der Waals surface area contributed by atoms with E-state index in [1.807, 2.05) is 0 Å². The number of pyridine rings is 1. The van der Waals surface area contributed by atoms with Crippen LogP contribution >= 0.6 is 0 Å². The van der Waals surface area contributed by atoms with Gasteiger partial charge in [0.1, 0.15) is 11.4 Å². The summed E-state index contributed by atoms with van der Waals surface area (Å²) in [5, 5.41) is 13.1. The highest BCUT2D eigenvalue weighted by Gasteiger charge is 2.50. The summed E-state index contributed by atoms with van der Waals surface area (Å²) in [6.07, 6.45) is 5.81. The number of nitrogens with one attached hydrogen (secondary N) is 1. The van der Waals surface area contributed by atoms with Gasteiger partial charge in [-0.3, -0.25) is 14.4 Å². The van der Waals surface area contributed by atoms with Crippen LogP contribution in [0.3, 0.4) is 0 Å². The molecule has 9 heteroatoms. The number of hydrogen-bond donors (Lipinski definition) is 2. The average molecular weight is 441 g/mol. The summed E-state index contributed by atoms with van der Waals surface area (Å²) in [7, 11) is 0. The van der Waals surface area contributed by atoms with E-state index in [0.29, 0.717) is 12.1 Å². The van der Waals surface area contributed by atoms with Crippen molar-refractivity contribution in [1.29, 1.82) is 0 Å². The lowest BCUT2D eigenvalue weighted by atomic mass is 9.85. The Bertz CT molecular complexity index is 1140. The standard InChI is InChI=1S/C23H24FN3O5/c24-15-6-4-14(5-7-15)10-25-21(30)16-11-26-12-17-27(22(31)18(26)20(29)19(16)28)13-23(32-17)8-2-1-3-9-23/h4-7,11,17,29H,1-3,8-10,12-13H2,(H,25,30). The minimum atomic E-state index is -0.896. The zero-order valence-electron chi connectivity index (χ0n) is 17.5. The highest BCUT2D eigenvalue weighted by Crippen LogP contribution is 2.41. The van der Waals surface area contributed by atoms with Crippen LogP contribution in [0.4, 0.5) is 4.39 Å². The van der Waals surface area contributed by atoms with Crippen LogP contribution in [0, 0.1) is 5.82 Å². The largest absolute Gasteiger partial charge is 0.503 e. The third kappa shape index (κ3) is 3.46. The number of aromatic hydroxyl groups is 1. The maximum Gasteiger partial charge on any atom is 0.276 e. The summed E-state index contributed by atoms with van der Waals surface area (Å²) >= 11 is 0. The van der Waals surface area contributed by atoms with E-state index in [-0.39, 0.29) is 35.8 Å². The van der Waals surface area contributed by atoms with Gasteiger partial charge >= 0.3 is 0 Å². The molecule has 2 aliphatic heterocycles. The Morgan fingerprint density at radius 2 is 1.91 bits per heavy atom. The number of rotatable bonds is 3. The van der Waals surface area contributed by atoms with E-state index in [2.05, 4.69) is 5.32 Å². The van der Waals surface area contributed by atoms with E-state index < -0.39 is 29.2 Å². The Balaban J connectivity index is 1.40. The minimum Gasteiger partial charge on any atom is -0.503 e. The first-order valence-electron chi connectivity index (χ1n) is 10.8. The molecule has 168 valence electrons. The maximum atomic E-state index is 13.1.